The highest BCUT2D eigenvalue weighted by Gasteiger charge is 2.12. The van der Waals surface area contributed by atoms with E-state index >= 15 is 0 Å². The van der Waals surface area contributed by atoms with Gasteiger partial charge < -0.3 is 25.7 Å². The molecule has 1 aliphatic rings. The van der Waals surface area contributed by atoms with Gasteiger partial charge in [0.15, 0.2) is 11.7 Å². The van der Waals surface area contributed by atoms with Crippen LogP contribution in [0.25, 0.3) is 33.4 Å². The Bertz CT molecular complexity index is 1190. The zero-order chi connectivity index (χ0) is 25.2. The van der Waals surface area contributed by atoms with E-state index in [-0.39, 0.29) is 24.3 Å². The Balaban J connectivity index is 0.000000260. The minimum absolute atomic E-state index is 0.0345. The number of hydrogen-bond donors (Lipinski definition) is 4. The number of ether oxygens (including phenoxy) is 1. The fourth-order valence-electron chi connectivity index (χ4n) is 3.67. The van der Waals surface area contributed by atoms with Crippen molar-refractivity contribution in [3.63, 3.8) is 0 Å². The SMILES string of the molecule is CSC.Nc1ccc(-c2ccc(-c3nc4cc(O)[nH]c4cc3F)cc2)cc1.OCC1CCCCO1. The predicted molar refractivity (Wildman–Crippen MR) is 143 cm³/mol. The minimum atomic E-state index is -0.440. The summed E-state index contributed by atoms with van der Waals surface area (Å²) in [6, 6.07) is 17.9. The van der Waals surface area contributed by atoms with Gasteiger partial charge in [0.2, 0.25) is 0 Å². The molecule has 3 heterocycles. The van der Waals surface area contributed by atoms with Crippen molar-refractivity contribution in [3.8, 4) is 28.3 Å². The van der Waals surface area contributed by atoms with Gasteiger partial charge in [0.05, 0.1) is 23.7 Å². The van der Waals surface area contributed by atoms with Crippen molar-refractivity contribution in [2.75, 3.05) is 31.5 Å². The molecule has 1 fully saturated rings. The number of nitrogens with two attached hydrogens (primary N) is 1. The van der Waals surface area contributed by atoms with E-state index in [2.05, 4.69) is 9.97 Å². The molecule has 5 N–H and O–H groups in total. The van der Waals surface area contributed by atoms with Crippen molar-refractivity contribution in [2.24, 2.45) is 0 Å². The number of aromatic hydroxyl groups is 1. The van der Waals surface area contributed by atoms with Crippen LogP contribution in [-0.4, -0.2) is 52.0 Å². The van der Waals surface area contributed by atoms with Gasteiger partial charge in [-0.05, 0) is 55.0 Å². The second kappa shape index (κ2) is 13.1. The Hall–Kier alpha value is -3.07. The molecule has 5 rings (SSSR count). The number of aliphatic hydroxyl groups excluding tert-OH is 1. The predicted octanol–water partition coefficient (Wildman–Crippen LogP) is 5.85. The summed E-state index contributed by atoms with van der Waals surface area (Å²) in [5.41, 5.74) is 10.4. The second-order valence-electron chi connectivity index (χ2n) is 8.18. The fourth-order valence-corrected chi connectivity index (χ4v) is 3.67. The Labute approximate surface area is 209 Å². The van der Waals surface area contributed by atoms with E-state index in [9.17, 15) is 9.50 Å². The van der Waals surface area contributed by atoms with Crippen LogP contribution in [0.5, 0.6) is 5.88 Å². The van der Waals surface area contributed by atoms with Crippen LogP contribution in [0.2, 0.25) is 0 Å². The maximum absolute atomic E-state index is 14.3. The van der Waals surface area contributed by atoms with Gasteiger partial charge in [-0.15, -0.1) is 0 Å². The summed E-state index contributed by atoms with van der Waals surface area (Å²) >= 11 is 1.75. The van der Waals surface area contributed by atoms with Crippen LogP contribution in [0.3, 0.4) is 0 Å². The normalized spacial score (nSPS) is 15.0. The summed E-state index contributed by atoms with van der Waals surface area (Å²) in [6.07, 6.45) is 7.64. The number of anilines is 1. The molecule has 6 nitrogen and oxygen atoms in total. The van der Waals surface area contributed by atoms with Crippen LogP contribution in [0, 0.1) is 5.82 Å². The highest BCUT2D eigenvalue weighted by molar-refractivity contribution is 7.97. The molecule has 0 bridgehead atoms. The van der Waals surface area contributed by atoms with Crippen molar-refractivity contribution < 1.29 is 19.3 Å². The molecule has 1 atom stereocenters. The summed E-state index contributed by atoms with van der Waals surface area (Å²) in [5.74, 6) is -0.475. The number of aromatic amines is 1. The van der Waals surface area contributed by atoms with Gasteiger partial charge in [-0.25, -0.2) is 9.37 Å². The molecule has 35 heavy (non-hydrogen) atoms. The van der Waals surface area contributed by atoms with Crippen LogP contribution < -0.4 is 5.73 Å². The molecule has 0 amide bonds. The molecule has 0 spiro atoms. The number of aliphatic hydroxyl groups is 1. The molecule has 0 saturated carbocycles. The number of aromatic nitrogens is 2. The highest BCUT2D eigenvalue weighted by Crippen LogP contribution is 2.28. The van der Waals surface area contributed by atoms with Gasteiger partial charge in [0.25, 0.3) is 0 Å². The molecule has 1 unspecified atom stereocenters. The van der Waals surface area contributed by atoms with Crippen molar-refractivity contribution in [3.05, 3.63) is 66.5 Å². The lowest BCUT2D eigenvalue weighted by molar-refractivity contribution is -0.0172. The summed E-state index contributed by atoms with van der Waals surface area (Å²) < 4.78 is 19.5. The molecule has 0 aliphatic carbocycles. The fraction of sp³-hybridized carbons (Fsp3) is 0.296. The van der Waals surface area contributed by atoms with Crippen molar-refractivity contribution >= 4 is 28.5 Å². The number of hydrogen-bond acceptors (Lipinski definition) is 6. The first-order valence-corrected chi connectivity index (χ1v) is 13.1. The van der Waals surface area contributed by atoms with Gasteiger partial charge in [0.1, 0.15) is 5.69 Å². The highest BCUT2D eigenvalue weighted by atomic mass is 32.2. The number of fused-ring (bicyclic) bond motifs is 1. The first kappa shape index (κ1) is 26.5. The maximum atomic E-state index is 14.3. The third-order valence-electron chi connectivity index (χ3n) is 5.42. The Morgan fingerprint density at radius 1 is 1.03 bits per heavy atom. The molecule has 1 aliphatic heterocycles. The van der Waals surface area contributed by atoms with Crippen LogP contribution in [0.4, 0.5) is 10.1 Å². The monoisotopic (exact) mass is 497 g/mol. The lowest BCUT2D eigenvalue weighted by atomic mass is 10.0. The number of benzene rings is 2. The van der Waals surface area contributed by atoms with Gasteiger partial charge in [-0.1, -0.05) is 36.4 Å². The maximum Gasteiger partial charge on any atom is 0.190 e. The zero-order valence-electron chi connectivity index (χ0n) is 20.0. The van der Waals surface area contributed by atoms with E-state index in [4.69, 9.17) is 15.6 Å². The lowest BCUT2D eigenvalue weighted by Crippen LogP contribution is -2.22. The van der Waals surface area contributed by atoms with Gasteiger partial charge >= 0.3 is 0 Å². The summed E-state index contributed by atoms with van der Waals surface area (Å²) in [6.45, 7) is 1.03. The van der Waals surface area contributed by atoms with E-state index < -0.39 is 5.82 Å². The van der Waals surface area contributed by atoms with E-state index in [1.165, 1.54) is 18.6 Å². The number of H-pyrrole nitrogens is 1. The van der Waals surface area contributed by atoms with E-state index in [0.717, 1.165) is 30.6 Å². The number of thioether (sulfide) groups is 1. The van der Waals surface area contributed by atoms with Crippen molar-refractivity contribution in [2.45, 2.75) is 25.4 Å². The molecule has 4 aromatic rings. The Morgan fingerprint density at radius 3 is 2.17 bits per heavy atom. The summed E-state index contributed by atoms with van der Waals surface area (Å²) in [7, 11) is 0. The van der Waals surface area contributed by atoms with Gasteiger partial charge in [0, 0.05) is 30.0 Å². The number of rotatable bonds is 3. The van der Waals surface area contributed by atoms with E-state index in [1.807, 2.05) is 61.0 Å². The van der Waals surface area contributed by atoms with E-state index in [1.54, 1.807) is 11.8 Å². The van der Waals surface area contributed by atoms with Gasteiger partial charge in [-0.2, -0.15) is 11.8 Å². The Morgan fingerprint density at radius 2 is 1.63 bits per heavy atom. The second-order valence-corrected chi connectivity index (χ2v) is 9.00. The lowest BCUT2D eigenvalue weighted by Gasteiger charge is -2.19. The van der Waals surface area contributed by atoms with Gasteiger partial charge in [-0.3, -0.25) is 0 Å². The standard InChI is InChI=1S/C19H14FN3O.C6H12O2.C2H6S/c20-15-9-16-17(10-18(24)22-16)23-19(15)13-3-1-11(2-4-13)12-5-7-14(21)8-6-12;7-5-6-3-1-2-4-8-6;1-3-2/h1-10,22,24H,21H2;6-7H,1-5H2;1-2H3. The number of nitrogens with one attached hydrogen (secondary N) is 1. The summed E-state index contributed by atoms with van der Waals surface area (Å²) in [4.78, 5) is 6.95. The molecule has 0 radical (unpaired) electrons. The molecule has 2 aromatic carbocycles. The van der Waals surface area contributed by atoms with Crippen LogP contribution in [0.15, 0.2) is 60.7 Å². The molecular formula is C27H32FN3O3S. The zero-order valence-corrected chi connectivity index (χ0v) is 20.8. The largest absolute Gasteiger partial charge is 0.495 e. The average Bonchev–Trinajstić information content (AvgIpc) is 3.24. The minimum Gasteiger partial charge on any atom is -0.495 e. The first-order chi connectivity index (χ1) is 16.9. The van der Waals surface area contributed by atoms with Crippen LogP contribution in [-0.2, 0) is 4.74 Å². The topological polar surface area (TPSA) is 104 Å². The third kappa shape index (κ3) is 7.45. The third-order valence-corrected chi connectivity index (χ3v) is 5.42. The smallest absolute Gasteiger partial charge is 0.190 e. The molecule has 8 heteroatoms. The summed E-state index contributed by atoms with van der Waals surface area (Å²) in [5, 5.41) is 18.0. The number of pyridine rings is 1. The molecule has 186 valence electrons. The molecular weight excluding hydrogens is 465 g/mol. The average molecular weight is 498 g/mol. The number of nitrogens with zero attached hydrogens (tertiary/aromatic N) is 1. The number of nitrogen functional groups attached to an aromatic ring is 1. The number of halogens is 1. The van der Waals surface area contributed by atoms with Crippen molar-refractivity contribution in [1.29, 1.82) is 0 Å². The first-order valence-electron chi connectivity index (χ1n) is 11.4. The Kier molecular flexibility index (Phi) is 9.96. The van der Waals surface area contributed by atoms with Crippen LogP contribution in [0.1, 0.15) is 19.3 Å². The van der Waals surface area contributed by atoms with Crippen molar-refractivity contribution in [1.82, 2.24) is 9.97 Å². The quantitative estimate of drug-likeness (QED) is 0.265. The molecule has 2 aromatic heterocycles. The molecule has 1 saturated heterocycles. The van der Waals surface area contributed by atoms with Crippen LogP contribution >= 0.6 is 11.8 Å². The van der Waals surface area contributed by atoms with E-state index in [0.29, 0.717) is 22.3 Å².